The Kier molecular flexibility index (Phi) is 10.8. The van der Waals surface area contributed by atoms with Crippen molar-refractivity contribution in [3.05, 3.63) is 29.8 Å². The van der Waals surface area contributed by atoms with Crippen molar-refractivity contribution in [2.75, 3.05) is 19.7 Å². The van der Waals surface area contributed by atoms with Crippen molar-refractivity contribution in [2.45, 2.75) is 69.9 Å². The number of likely N-dealkylation sites (tertiary alicyclic amines) is 1. The lowest BCUT2D eigenvalue weighted by molar-refractivity contribution is -0.146. The van der Waals surface area contributed by atoms with E-state index in [1.807, 2.05) is 20.8 Å². The van der Waals surface area contributed by atoms with Crippen LogP contribution < -0.4 is 11.1 Å². The first-order chi connectivity index (χ1) is 16.9. The summed E-state index contributed by atoms with van der Waals surface area (Å²) in [5.74, 6) is -1.99. The number of carboxylic acids is 1. The summed E-state index contributed by atoms with van der Waals surface area (Å²) in [7, 11) is -4.05. The van der Waals surface area contributed by atoms with Crippen molar-refractivity contribution in [3.63, 3.8) is 0 Å². The molecule has 0 saturated carbocycles. The summed E-state index contributed by atoms with van der Waals surface area (Å²) in [5.41, 5.74) is 6.69. The number of aliphatic carboxylic acids is 1. The number of hydrogen-bond acceptors (Lipinski definition) is 7. The van der Waals surface area contributed by atoms with E-state index in [0.29, 0.717) is 32.2 Å². The molecule has 12 heteroatoms. The number of carbonyl (C=O) groups excluding carboxylic acids is 2. The molecule has 1 aliphatic rings. The minimum atomic E-state index is -4.05. The number of aryl methyl sites for hydroxylation is 1. The molecule has 200 valence electrons. The SMILES string of the molecule is Cc1ccc(S(=O)(=O)/N=C(\CCCCOC(=O)[C@@H](N)C(C)C)N2CCC[C@H]2C(=O)NCC(=O)O)cc1. The third kappa shape index (κ3) is 8.59. The van der Waals surface area contributed by atoms with E-state index in [-0.39, 0.29) is 29.7 Å². The Hall–Kier alpha value is -2.99. The minimum Gasteiger partial charge on any atom is -0.480 e. The quantitative estimate of drug-likeness (QED) is 0.158. The summed E-state index contributed by atoms with van der Waals surface area (Å²) in [4.78, 5) is 37.1. The molecule has 0 radical (unpaired) electrons. The Bertz CT molecular complexity index is 1050. The van der Waals surface area contributed by atoms with Gasteiger partial charge in [0, 0.05) is 13.0 Å². The molecule has 2 rings (SSSR count). The van der Waals surface area contributed by atoms with E-state index in [4.69, 9.17) is 15.6 Å². The van der Waals surface area contributed by atoms with E-state index < -0.39 is 46.5 Å². The second kappa shape index (κ2) is 13.4. The summed E-state index contributed by atoms with van der Waals surface area (Å²) in [6.07, 6.45) is 2.19. The highest BCUT2D eigenvalue weighted by atomic mass is 32.2. The van der Waals surface area contributed by atoms with Gasteiger partial charge in [0.25, 0.3) is 10.0 Å². The normalized spacial score (nSPS) is 17.2. The first kappa shape index (κ1) is 29.2. The van der Waals surface area contributed by atoms with E-state index in [0.717, 1.165) is 5.56 Å². The van der Waals surface area contributed by atoms with E-state index in [1.165, 1.54) is 12.1 Å². The van der Waals surface area contributed by atoms with Crippen LogP contribution in [0.25, 0.3) is 0 Å². The highest BCUT2D eigenvalue weighted by molar-refractivity contribution is 7.90. The monoisotopic (exact) mass is 524 g/mol. The lowest BCUT2D eigenvalue weighted by Gasteiger charge is -2.27. The number of rotatable bonds is 12. The molecule has 1 amide bonds. The number of benzene rings is 1. The summed E-state index contributed by atoms with van der Waals surface area (Å²) >= 11 is 0. The first-order valence-corrected chi connectivity index (χ1v) is 13.4. The van der Waals surface area contributed by atoms with E-state index in [2.05, 4.69) is 9.71 Å². The Morgan fingerprint density at radius 2 is 1.89 bits per heavy atom. The maximum Gasteiger partial charge on any atom is 0.323 e. The van der Waals surface area contributed by atoms with Crippen molar-refractivity contribution in [2.24, 2.45) is 16.0 Å². The zero-order valence-electron chi connectivity index (χ0n) is 21.0. The van der Waals surface area contributed by atoms with Crippen molar-refractivity contribution >= 4 is 33.7 Å². The average Bonchev–Trinajstić information content (AvgIpc) is 3.31. The highest BCUT2D eigenvalue weighted by Crippen LogP contribution is 2.23. The van der Waals surface area contributed by atoms with Crippen molar-refractivity contribution < 1.29 is 32.6 Å². The van der Waals surface area contributed by atoms with Crippen LogP contribution >= 0.6 is 0 Å². The third-order valence-corrected chi connectivity index (χ3v) is 7.19. The molecule has 1 aliphatic heterocycles. The first-order valence-electron chi connectivity index (χ1n) is 12.0. The summed E-state index contributed by atoms with van der Waals surface area (Å²) in [5, 5.41) is 11.2. The van der Waals surface area contributed by atoms with Crippen LogP contribution in [0.5, 0.6) is 0 Å². The number of carbonyl (C=O) groups is 3. The van der Waals surface area contributed by atoms with Gasteiger partial charge in [-0.2, -0.15) is 8.42 Å². The fourth-order valence-corrected chi connectivity index (χ4v) is 4.76. The van der Waals surface area contributed by atoms with Crippen molar-refractivity contribution in [1.82, 2.24) is 10.2 Å². The molecule has 11 nitrogen and oxygen atoms in total. The Morgan fingerprint density at radius 3 is 2.50 bits per heavy atom. The number of unbranched alkanes of at least 4 members (excludes halogenated alkanes) is 1. The number of esters is 1. The summed E-state index contributed by atoms with van der Waals surface area (Å²) in [6.45, 7) is 5.49. The fraction of sp³-hybridized carbons (Fsp3) is 0.583. The summed E-state index contributed by atoms with van der Waals surface area (Å²) in [6, 6.07) is 4.87. The van der Waals surface area contributed by atoms with Crippen molar-refractivity contribution in [1.29, 1.82) is 0 Å². The molecule has 1 fully saturated rings. The van der Waals surface area contributed by atoms with Crippen molar-refractivity contribution in [3.8, 4) is 0 Å². The Morgan fingerprint density at radius 1 is 1.22 bits per heavy atom. The molecule has 36 heavy (non-hydrogen) atoms. The minimum absolute atomic E-state index is 0.0354. The lowest BCUT2D eigenvalue weighted by atomic mass is 10.1. The zero-order valence-corrected chi connectivity index (χ0v) is 21.8. The molecule has 1 heterocycles. The van der Waals surface area contributed by atoms with E-state index >= 15 is 0 Å². The largest absolute Gasteiger partial charge is 0.480 e. The van der Waals surface area contributed by atoms with Gasteiger partial charge in [0.2, 0.25) is 5.91 Å². The van der Waals surface area contributed by atoms with Crippen LogP contribution in [0.4, 0.5) is 0 Å². The zero-order chi connectivity index (χ0) is 26.9. The number of nitrogens with zero attached hydrogens (tertiary/aromatic N) is 2. The van der Waals surface area contributed by atoms with Gasteiger partial charge in [-0.05, 0) is 50.7 Å². The van der Waals surface area contributed by atoms with Gasteiger partial charge in [-0.15, -0.1) is 4.40 Å². The molecule has 2 atom stereocenters. The number of amides is 1. The molecular weight excluding hydrogens is 488 g/mol. The van der Waals surface area contributed by atoms with Gasteiger partial charge < -0.3 is 25.8 Å². The second-order valence-corrected chi connectivity index (χ2v) is 10.8. The maximum absolute atomic E-state index is 13.0. The maximum atomic E-state index is 13.0. The molecular formula is C24H36N4O7S. The second-order valence-electron chi connectivity index (χ2n) is 9.15. The topological polar surface area (TPSA) is 168 Å². The van der Waals surface area contributed by atoms with Gasteiger partial charge in [-0.1, -0.05) is 31.5 Å². The smallest absolute Gasteiger partial charge is 0.323 e. The Labute approximate surface area is 212 Å². The van der Waals surface area contributed by atoms with Crippen LogP contribution in [0.1, 0.15) is 51.5 Å². The number of nitrogens with one attached hydrogen (secondary N) is 1. The van der Waals surface area contributed by atoms with Gasteiger partial charge in [0.1, 0.15) is 24.5 Å². The number of sulfonamides is 1. The number of nitrogens with two attached hydrogens (primary N) is 1. The third-order valence-electron chi connectivity index (χ3n) is 5.87. The number of ether oxygens (including phenoxy) is 1. The van der Waals surface area contributed by atoms with E-state index in [9.17, 15) is 22.8 Å². The molecule has 1 aromatic carbocycles. The average molecular weight is 525 g/mol. The van der Waals surface area contributed by atoms with Crippen LogP contribution in [0.2, 0.25) is 0 Å². The molecule has 1 saturated heterocycles. The molecule has 0 aliphatic carbocycles. The number of hydrogen-bond donors (Lipinski definition) is 3. The Balaban J connectivity index is 2.18. The molecule has 0 aromatic heterocycles. The van der Waals surface area contributed by atoms with Gasteiger partial charge in [-0.25, -0.2) is 0 Å². The van der Waals surface area contributed by atoms with Crippen LogP contribution in [0.15, 0.2) is 33.6 Å². The van der Waals surface area contributed by atoms with Crippen LogP contribution in [-0.4, -0.2) is 73.9 Å². The molecule has 4 N–H and O–H groups in total. The molecule has 0 unspecified atom stereocenters. The predicted octanol–water partition coefficient (Wildman–Crippen LogP) is 1.44. The number of carboxylic acid groups (broad SMARTS) is 1. The lowest BCUT2D eigenvalue weighted by Crippen LogP contribution is -2.47. The fourth-order valence-electron chi connectivity index (χ4n) is 3.70. The van der Waals surface area contributed by atoms with Crippen LogP contribution in [0, 0.1) is 12.8 Å². The standard InChI is InChI=1S/C24H36N4O7S/c1-16(2)22(25)24(32)35-14-5-4-8-20(27-36(33,34)18-11-9-17(3)10-12-18)28-13-6-7-19(28)23(31)26-15-21(29)30/h9-12,16,19,22H,4-8,13-15,25H2,1-3H3,(H,26,31)(H,29,30)/b27-20+/t19-,22-/m0/s1. The summed E-state index contributed by atoms with van der Waals surface area (Å²) < 4.78 is 35.4. The highest BCUT2D eigenvalue weighted by Gasteiger charge is 2.34. The van der Waals surface area contributed by atoms with Gasteiger partial charge in [-0.3, -0.25) is 14.4 Å². The van der Waals surface area contributed by atoms with Gasteiger partial charge in [0.05, 0.1) is 11.5 Å². The van der Waals surface area contributed by atoms with Gasteiger partial charge >= 0.3 is 11.9 Å². The van der Waals surface area contributed by atoms with Crippen LogP contribution in [-0.2, 0) is 29.1 Å². The molecule has 0 bridgehead atoms. The molecule has 0 spiro atoms. The van der Waals surface area contributed by atoms with E-state index in [1.54, 1.807) is 17.0 Å². The van der Waals surface area contributed by atoms with Gasteiger partial charge in [0.15, 0.2) is 0 Å². The predicted molar refractivity (Wildman–Crippen MR) is 134 cm³/mol. The molecule has 1 aromatic rings. The number of amidine groups is 1. The van der Waals surface area contributed by atoms with Crippen LogP contribution in [0.3, 0.4) is 0 Å².